The number of carboxylic acid groups (broad SMARTS) is 1. The van der Waals surface area contributed by atoms with Gasteiger partial charge in [0.2, 0.25) is 5.91 Å². The molecule has 0 aliphatic heterocycles. The van der Waals surface area contributed by atoms with E-state index >= 15 is 0 Å². The first-order chi connectivity index (χ1) is 7.54. The van der Waals surface area contributed by atoms with Crippen molar-refractivity contribution >= 4 is 21.7 Å². The van der Waals surface area contributed by atoms with Gasteiger partial charge in [-0.2, -0.15) is 0 Å². The maximum atomic E-state index is 12.0. The van der Waals surface area contributed by atoms with Gasteiger partial charge in [0, 0.05) is 19.3 Å². The van der Waals surface area contributed by atoms with Crippen molar-refractivity contribution in [3.05, 3.63) is 0 Å². The van der Waals surface area contributed by atoms with Crippen LogP contribution in [-0.2, 0) is 19.4 Å². The van der Waals surface area contributed by atoms with Gasteiger partial charge in [-0.05, 0) is 20.8 Å². The van der Waals surface area contributed by atoms with Gasteiger partial charge in [0.25, 0.3) is 0 Å². The predicted molar refractivity (Wildman–Crippen MR) is 63.4 cm³/mol. The van der Waals surface area contributed by atoms with E-state index in [1.165, 1.54) is 18.7 Å². The van der Waals surface area contributed by atoms with Crippen LogP contribution in [0, 0.1) is 0 Å². The highest BCUT2D eigenvalue weighted by molar-refractivity contribution is 7.92. The van der Waals surface area contributed by atoms with E-state index in [1.807, 2.05) is 0 Å². The Morgan fingerprint density at radius 1 is 1.29 bits per heavy atom. The first-order valence-corrected chi connectivity index (χ1v) is 7.14. The normalized spacial score (nSPS) is 12.2. The van der Waals surface area contributed by atoms with Gasteiger partial charge in [0.15, 0.2) is 9.84 Å². The molecule has 1 N–H and O–H groups in total. The second kappa shape index (κ2) is 5.48. The molecule has 7 heteroatoms. The van der Waals surface area contributed by atoms with Gasteiger partial charge in [-0.25, -0.2) is 8.42 Å². The number of hydrogen-bond donors (Lipinski definition) is 1. The number of hydrogen-bond acceptors (Lipinski definition) is 4. The lowest BCUT2D eigenvalue weighted by Crippen LogP contribution is -2.50. The smallest absolute Gasteiger partial charge is 0.305 e. The molecule has 0 aromatic rings. The number of carbonyl (C=O) groups is 2. The van der Waals surface area contributed by atoms with Crippen molar-refractivity contribution in [2.45, 2.75) is 31.9 Å². The van der Waals surface area contributed by atoms with Gasteiger partial charge in [-0.1, -0.05) is 0 Å². The summed E-state index contributed by atoms with van der Waals surface area (Å²) in [4.78, 5) is 23.7. The second-order valence-electron chi connectivity index (χ2n) is 4.31. The van der Waals surface area contributed by atoms with E-state index in [0.717, 1.165) is 6.26 Å². The summed E-state index contributed by atoms with van der Waals surface area (Å²) >= 11 is 0. The van der Waals surface area contributed by atoms with Crippen LogP contribution < -0.4 is 0 Å². The lowest BCUT2D eigenvalue weighted by molar-refractivity contribution is -0.138. The molecule has 0 saturated heterocycles. The molecule has 6 nitrogen and oxygen atoms in total. The van der Waals surface area contributed by atoms with Gasteiger partial charge in [0.05, 0.1) is 6.42 Å². The quantitative estimate of drug-likeness (QED) is 0.737. The van der Waals surface area contributed by atoms with E-state index in [9.17, 15) is 18.0 Å². The molecule has 0 unspecified atom stereocenters. The van der Waals surface area contributed by atoms with Crippen molar-refractivity contribution in [2.75, 3.05) is 19.3 Å². The summed E-state index contributed by atoms with van der Waals surface area (Å²) < 4.78 is 21.5. The van der Waals surface area contributed by atoms with Crippen LogP contribution in [0.1, 0.15) is 27.2 Å². The Bertz CT molecular complexity index is 399. The Balaban J connectivity index is 4.94. The van der Waals surface area contributed by atoms with Crippen molar-refractivity contribution in [3.8, 4) is 0 Å². The number of aliphatic carboxylic acids is 1. The zero-order chi connectivity index (χ0) is 13.9. The van der Waals surface area contributed by atoms with Crippen LogP contribution in [0.3, 0.4) is 0 Å². The average Bonchev–Trinajstić information content (AvgIpc) is 2.16. The molecule has 0 fully saturated rings. The van der Waals surface area contributed by atoms with Crippen molar-refractivity contribution < 1.29 is 23.1 Å². The lowest BCUT2D eigenvalue weighted by Gasteiger charge is -2.29. The van der Waals surface area contributed by atoms with E-state index in [-0.39, 0.29) is 19.5 Å². The average molecular weight is 265 g/mol. The third-order valence-electron chi connectivity index (χ3n) is 2.71. The first kappa shape index (κ1) is 15.9. The minimum Gasteiger partial charge on any atom is -0.481 e. The first-order valence-electron chi connectivity index (χ1n) is 5.24. The summed E-state index contributed by atoms with van der Waals surface area (Å²) in [6.07, 6.45) is 0.801. The fraction of sp³-hybridized carbons (Fsp3) is 0.800. The van der Waals surface area contributed by atoms with E-state index in [1.54, 1.807) is 6.92 Å². The third-order valence-corrected chi connectivity index (χ3v) is 4.74. The summed E-state index contributed by atoms with van der Waals surface area (Å²) in [5.74, 6) is -1.59. The third kappa shape index (κ3) is 3.99. The largest absolute Gasteiger partial charge is 0.481 e. The number of rotatable bonds is 6. The minimum absolute atomic E-state index is 0.0175. The van der Waals surface area contributed by atoms with Crippen LogP contribution in [0.2, 0.25) is 0 Å². The molecule has 0 atom stereocenters. The van der Waals surface area contributed by atoms with E-state index in [2.05, 4.69) is 0 Å². The Morgan fingerprint density at radius 3 is 2.06 bits per heavy atom. The summed E-state index contributed by atoms with van der Waals surface area (Å²) in [5, 5.41) is 8.55. The highest BCUT2D eigenvalue weighted by Gasteiger charge is 2.40. The number of amides is 1. The van der Waals surface area contributed by atoms with Crippen molar-refractivity contribution in [2.24, 2.45) is 0 Å². The number of nitrogens with zero attached hydrogens (tertiary/aromatic N) is 1. The van der Waals surface area contributed by atoms with Gasteiger partial charge in [-0.15, -0.1) is 0 Å². The molecule has 0 bridgehead atoms. The molecule has 17 heavy (non-hydrogen) atoms. The van der Waals surface area contributed by atoms with Gasteiger partial charge < -0.3 is 10.0 Å². The highest BCUT2D eigenvalue weighted by atomic mass is 32.2. The lowest BCUT2D eigenvalue weighted by atomic mass is 10.1. The van der Waals surface area contributed by atoms with E-state index < -0.39 is 26.5 Å². The molecule has 0 heterocycles. The van der Waals surface area contributed by atoms with E-state index in [0.29, 0.717) is 0 Å². The van der Waals surface area contributed by atoms with E-state index in [4.69, 9.17) is 5.11 Å². The summed E-state index contributed by atoms with van der Waals surface area (Å²) in [6.45, 7) is 4.63. The monoisotopic (exact) mass is 265 g/mol. The fourth-order valence-electron chi connectivity index (χ4n) is 1.17. The van der Waals surface area contributed by atoms with Crippen LogP contribution in [0.4, 0.5) is 0 Å². The maximum absolute atomic E-state index is 12.0. The van der Waals surface area contributed by atoms with Gasteiger partial charge >= 0.3 is 5.97 Å². The molecule has 0 aliphatic rings. The molecule has 100 valence electrons. The standard InChI is InChI=1S/C10H19NO5S/c1-5-11(7-6-8(12)13)9(14)10(2,3)17(4,15)16/h5-7H2,1-4H3,(H,12,13). The van der Waals surface area contributed by atoms with Crippen LogP contribution in [-0.4, -0.2) is 54.4 Å². The number of carbonyl (C=O) groups excluding carboxylic acids is 1. The predicted octanol–water partition coefficient (Wildman–Crippen LogP) is 0.133. The molecule has 0 saturated carbocycles. The Labute approximate surface area is 102 Å². The van der Waals surface area contributed by atoms with Crippen LogP contribution in [0.25, 0.3) is 0 Å². The molecular formula is C10H19NO5S. The van der Waals surface area contributed by atoms with Gasteiger partial charge in [0.1, 0.15) is 4.75 Å². The highest BCUT2D eigenvalue weighted by Crippen LogP contribution is 2.18. The molecule has 0 aromatic heterocycles. The Morgan fingerprint density at radius 2 is 1.76 bits per heavy atom. The van der Waals surface area contributed by atoms with Crippen LogP contribution >= 0.6 is 0 Å². The molecule has 0 spiro atoms. The fourth-order valence-corrected chi connectivity index (χ4v) is 1.62. The SMILES string of the molecule is CCN(CCC(=O)O)C(=O)C(C)(C)S(C)(=O)=O. The van der Waals surface area contributed by atoms with Gasteiger partial charge in [-0.3, -0.25) is 9.59 Å². The molecule has 0 rings (SSSR count). The molecule has 0 radical (unpaired) electrons. The molecular weight excluding hydrogens is 246 g/mol. The zero-order valence-corrected chi connectivity index (χ0v) is 11.4. The summed E-state index contributed by atoms with van der Waals surface area (Å²) in [6, 6.07) is 0. The number of sulfone groups is 1. The topological polar surface area (TPSA) is 91.8 Å². The second-order valence-corrected chi connectivity index (χ2v) is 6.88. The summed E-state index contributed by atoms with van der Waals surface area (Å²) in [7, 11) is -3.53. The van der Waals surface area contributed by atoms with Crippen molar-refractivity contribution in [3.63, 3.8) is 0 Å². The number of carboxylic acids is 1. The zero-order valence-electron chi connectivity index (χ0n) is 10.6. The van der Waals surface area contributed by atoms with Crippen LogP contribution in [0.5, 0.6) is 0 Å². The minimum atomic E-state index is -3.53. The Kier molecular flexibility index (Phi) is 5.12. The van der Waals surface area contributed by atoms with Crippen molar-refractivity contribution in [1.82, 2.24) is 4.90 Å². The Hall–Kier alpha value is -1.11. The van der Waals surface area contributed by atoms with Crippen LogP contribution in [0.15, 0.2) is 0 Å². The van der Waals surface area contributed by atoms with Crippen molar-refractivity contribution in [1.29, 1.82) is 0 Å². The molecule has 1 amide bonds. The maximum Gasteiger partial charge on any atom is 0.305 e. The summed E-state index contributed by atoms with van der Waals surface area (Å²) in [5.41, 5.74) is 0. The molecule has 0 aliphatic carbocycles. The molecule has 0 aromatic carbocycles.